The van der Waals surface area contributed by atoms with E-state index in [-0.39, 0.29) is 16.9 Å². The molecule has 0 atom stereocenters. The monoisotopic (exact) mass is 632 g/mol. The number of carbonyl (C=O) groups is 1. The Kier molecular flexibility index (Phi) is 8.86. The van der Waals surface area contributed by atoms with Crippen LogP contribution in [0.25, 0.3) is 0 Å². The third-order valence-electron chi connectivity index (χ3n) is 6.13. The van der Waals surface area contributed by atoms with E-state index in [2.05, 4.69) is 46.2 Å². The zero-order valence-corrected chi connectivity index (χ0v) is 25.4. The highest BCUT2D eigenvalue weighted by Gasteiger charge is 2.23. The number of nitrogens with one attached hydrogen (secondary N) is 3. The number of piperazine rings is 1. The number of aromatic nitrogens is 2. The van der Waals surface area contributed by atoms with Gasteiger partial charge in [-0.1, -0.05) is 20.8 Å². The van der Waals surface area contributed by atoms with Crippen LogP contribution in [0.4, 0.5) is 17.3 Å². The molecule has 214 valence electrons. The highest BCUT2D eigenvalue weighted by Crippen LogP contribution is 2.39. The van der Waals surface area contributed by atoms with Crippen LogP contribution in [0.15, 0.2) is 47.1 Å². The second-order valence-corrected chi connectivity index (χ2v) is 13.0. The van der Waals surface area contributed by atoms with Crippen LogP contribution < -0.4 is 29.7 Å². The molecule has 0 spiro atoms. The molecule has 13 heteroatoms. The highest BCUT2D eigenvalue weighted by atomic mass is 79.9. The van der Waals surface area contributed by atoms with Crippen LogP contribution in [0.2, 0.25) is 0 Å². The summed E-state index contributed by atoms with van der Waals surface area (Å²) < 4.78 is 38.7. The molecule has 2 aromatic carbocycles. The fourth-order valence-electron chi connectivity index (χ4n) is 4.09. The average molecular weight is 634 g/mol. The van der Waals surface area contributed by atoms with Crippen molar-refractivity contribution in [1.29, 1.82) is 0 Å². The summed E-state index contributed by atoms with van der Waals surface area (Å²) in [7, 11) is -2.19. The first-order valence-electron chi connectivity index (χ1n) is 12.6. The van der Waals surface area contributed by atoms with Crippen LogP contribution in [0.5, 0.6) is 17.4 Å². The number of anilines is 3. The van der Waals surface area contributed by atoms with Crippen LogP contribution in [-0.4, -0.2) is 63.8 Å². The first-order chi connectivity index (χ1) is 18.8. The third-order valence-corrected chi connectivity index (χ3v) is 7.37. The molecule has 0 aliphatic carbocycles. The Hall–Kier alpha value is -3.42. The number of ether oxygens (including phenoxy) is 2. The maximum atomic E-state index is 13.4. The Morgan fingerprint density at radius 2 is 1.80 bits per heavy atom. The summed E-state index contributed by atoms with van der Waals surface area (Å²) in [6, 6.07) is 10.1. The van der Waals surface area contributed by atoms with Gasteiger partial charge in [-0.25, -0.2) is 13.4 Å². The molecule has 1 aromatic heterocycles. The van der Waals surface area contributed by atoms with E-state index in [0.717, 1.165) is 38.0 Å². The number of sulfonamides is 1. The number of amides is 1. The van der Waals surface area contributed by atoms with E-state index < -0.39 is 15.9 Å². The number of nitrogens with zero attached hydrogens (tertiary/aromatic N) is 3. The first kappa shape index (κ1) is 29.6. The van der Waals surface area contributed by atoms with E-state index in [0.29, 0.717) is 33.3 Å². The molecule has 0 bridgehead atoms. The highest BCUT2D eigenvalue weighted by molar-refractivity contribution is 9.10. The van der Waals surface area contributed by atoms with Gasteiger partial charge in [0, 0.05) is 44.0 Å². The average Bonchev–Trinajstić information content (AvgIpc) is 2.89. The summed E-state index contributed by atoms with van der Waals surface area (Å²) in [5, 5.41) is 6.17. The zero-order valence-electron chi connectivity index (χ0n) is 23.0. The van der Waals surface area contributed by atoms with Crippen LogP contribution in [-0.2, 0) is 15.4 Å². The number of benzene rings is 2. The van der Waals surface area contributed by atoms with Gasteiger partial charge in [0.15, 0.2) is 5.75 Å². The van der Waals surface area contributed by atoms with Gasteiger partial charge in [-0.3, -0.25) is 9.52 Å². The molecule has 11 nitrogen and oxygen atoms in total. The van der Waals surface area contributed by atoms with Crippen LogP contribution in [0.3, 0.4) is 0 Å². The number of rotatable bonds is 8. The van der Waals surface area contributed by atoms with Crippen molar-refractivity contribution in [3.05, 3.63) is 58.2 Å². The SMILES string of the molecule is COc1c(NC(=O)c2ccc(Br)c(Oc3ccnc(N4CCNCC4)n3)c2)cc(C(C)(C)C)cc1NS(C)(=O)=O. The van der Waals surface area contributed by atoms with Gasteiger partial charge in [0.05, 0.1) is 29.2 Å². The minimum absolute atomic E-state index is 0.196. The number of hydrogen-bond donors (Lipinski definition) is 3. The van der Waals surface area contributed by atoms with Crippen molar-refractivity contribution in [3.8, 4) is 17.4 Å². The maximum absolute atomic E-state index is 13.4. The number of hydrogen-bond acceptors (Lipinski definition) is 9. The maximum Gasteiger partial charge on any atom is 0.255 e. The molecule has 0 radical (unpaired) electrons. The Morgan fingerprint density at radius 1 is 1.10 bits per heavy atom. The van der Waals surface area contributed by atoms with Gasteiger partial charge in [0.2, 0.25) is 21.9 Å². The fourth-order valence-corrected chi connectivity index (χ4v) is 4.97. The van der Waals surface area contributed by atoms with Gasteiger partial charge in [-0.05, 0) is 57.2 Å². The summed E-state index contributed by atoms with van der Waals surface area (Å²) in [6.07, 6.45) is 2.70. The van der Waals surface area contributed by atoms with Crippen molar-refractivity contribution in [2.75, 3.05) is 54.5 Å². The van der Waals surface area contributed by atoms with Gasteiger partial charge >= 0.3 is 0 Å². The normalized spacial score (nSPS) is 14.0. The van der Waals surface area contributed by atoms with Crippen molar-refractivity contribution in [1.82, 2.24) is 15.3 Å². The number of carbonyl (C=O) groups excluding carboxylic acids is 1. The molecule has 3 N–H and O–H groups in total. The second kappa shape index (κ2) is 12.0. The lowest BCUT2D eigenvalue weighted by Gasteiger charge is -2.27. The summed E-state index contributed by atoms with van der Waals surface area (Å²) in [5.74, 6) is 1.08. The third kappa shape index (κ3) is 7.40. The summed E-state index contributed by atoms with van der Waals surface area (Å²) >= 11 is 3.49. The minimum Gasteiger partial charge on any atom is -0.492 e. The molecular formula is C27H33BrN6O5S. The lowest BCUT2D eigenvalue weighted by Crippen LogP contribution is -2.44. The molecule has 40 heavy (non-hydrogen) atoms. The van der Waals surface area contributed by atoms with Crippen molar-refractivity contribution in [3.63, 3.8) is 0 Å². The molecule has 1 aliphatic rings. The molecule has 1 amide bonds. The van der Waals surface area contributed by atoms with Crippen molar-refractivity contribution < 1.29 is 22.7 Å². The van der Waals surface area contributed by atoms with Gasteiger partial charge in [-0.2, -0.15) is 4.98 Å². The number of methoxy groups -OCH3 is 1. The lowest BCUT2D eigenvalue weighted by atomic mass is 9.86. The predicted octanol–water partition coefficient (Wildman–Crippen LogP) is 4.37. The number of halogens is 1. The first-order valence-corrected chi connectivity index (χ1v) is 15.3. The quantitative estimate of drug-likeness (QED) is 0.331. The molecular weight excluding hydrogens is 600 g/mol. The Balaban J connectivity index is 1.62. The van der Waals surface area contributed by atoms with E-state index in [1.165, 1.54) is 7.11 Å². The lowest BCUT2D eigenvalue weighted by molar-refractivity contribution is 0.102. The summed E-state index contributed by atoms with van der Waals surface area (Å²) in [5.41, 5.74) is 1.35. The Bertz CT molecular complexity index is 1500. The van der Waals surface area contributed by atoms with E-state index >= 15 is 0 Å². The van der Waals surface area contributed by atoms with Gasteiger partial charge in [0.25, 0.3) is 5.91 Å². The van der Waals surface area contributed by atoms with Gasteiger partial charge in [0.1, 0.15) is 5.75 Å². The van der Waals surface area contributed by atoms with E-state index in [1.54, 1.807) is 42.6 Å². The van der Waals surface area contributed by atoms with Gasteiger partial charge < -0.3 is 25.0 Å². The molecule has 2 heterocycles. The molecule has 4 rings (SSSR count). The molecule has 1 saturated heterocycles. The molecule has 0 unspecified atom stereocenters. The molecule has 1 fully saturated rings. The topological polar surface area (TPSA) is 135 Å². The van der Waals surface area contributed by atoms with Crippen molar-refractivity contribution in [2.24, 2.45) is 0 Å². The van der Waals surface area contributed by atoms with E-state index in [1.807, 2.05) is 20.8 Å². The van der Waals surface area contributed by atoms with E-state index in [4.69, 9.17) is 9.47 Å². The summed E-state index contributed by atoms with van der Waals surface area (Å²) in [6.45, 7) is 9.27. The largest absolute Gasteiger partial charge is 0.492 e. The molecule has 3 aromatic rings. The van der Waals surface area contributed by atoms with Gasteiger partial charge in [-0.15, -0.1) is 0 Å². The minimum atomic E-state index is -3.60. The fraction of sp³-hybridized carbons (Fsp3) is 0.370. The smallest absolute Gasteiger partial charge is 0.255 e. The molecule has 1 aliphatic heterocycles. The Labute approximate surface area is 242 Å². The Morgan fingerprint density at radius 3 is 2.45 bits per heavy atom. The molecule has 0 saturated carbocycles. The summed E-state index contributed by atoms with van der Waals surface area (Å²) in [4.78, 5) is 24.4. The standard InChI is InChI=1S/C27H33BrN6O5S/c1-27(2,3)18-15-20(24(38-4)21(16-18)33-40(5,36)37)31-25(35)17-6-7-19(28)22(14-17)39-23-8-9-30-26(32-23)34-12-10-29-11-13-34/h6-9,14-16,29,33H,10-13H2,1-5H3,(H,31,35). The van der Waals surface area contributed by atoms with Crippen LogP contribution in [0.1, 0.15) is 36.7 Å². The predicted molar refractivity (Wildman–Crippen MR) is 159 cm³/mol. The van der Waals surface area contributed by atoms with Crippen molar-refractivity contribution in [2.45, 2.75) is 26.2 Å². The van der Waals surface area contributed by atoms with Crippen LogP contribution >= 0.6 is 15.9 Å². The zero-order chi connectivity index (χ0) is 29.1. The second-order valence-electron chi connectivity index (χ2n) is 10.4. The van der Waals surface area contributed by atoms with E-state index in [9.17, 15) is 13.2 Å². The van der Waals surface area contributed by atoms with Crippen LogP contribution in [0, 0.1) is 0 Å². The van der Waals surface area contributed by atoms with Crippen molar-refractivity contribution >= 4 is 49.2 Å².